The van der Waals surface area contributed by atoms with E-state index in [0.717, 1.165) is 25.5 Å². The fraction of sp³-hybridized carbons (Fsp3) is 0.500. The number of sulfone groups is 1. The Morgan fingerprint density at radius 2 is 1.57 bits per heavy atom. The molecule has 0 unspecified atom stereocenters. The number of benzene rings is 1. The first-order valence-electron chi connectivity index (χ1n) is 6.21. The van der Waals surface area contributed by atoms with Crippen molar-refractivity contribution in [1.29, 1.82) is 0 Å². The van der Waals surface area contributed by atoms with E-state index < -0.39 is 25.4 Å². The molecular formula is C12H19ClN2O4S2. The molecule has 0 spiro atoms. The minimum Gasteiger partial charge on any atom is -0.324 e. The van der Waals surface area contributed by atoms with E-state index in [1.807, 2.05) is 0 Å². The standard InChI is InChI=1S/C12H18N2O4S2.ClH/c1-19(15,16)10-3-5-11(6-4-10)20(17,18)14-9-12(13)7-2-8-12;/h3-6,14H,2,7-9,13H2,1H3;1H. The van der Waals surface area contributed by atoms with Crippen molar-refractivity contribution in [3.05, 3.63) is 24.3 Å². The molecule has 0 radical (unpaired) electrons. The second kappa shape index (κ2) is 6.21. The van der Waals surface area contributed by atoms with Crippen molar-refractivity contribution in [3.8, 4) is 0 Å². The molecule has 0 atom stereocenters. The second-order valence-electron chi connectivity index (χ2n) is 5.28. The van der Waals surface area contributed by atoms with Gasteiger partial charge >= 0.3 is 0 Å². The van der Waals surface area contributed by atoms with Gasteiger partial charge in [0.15, 0.2) is 9.84 Å². The van der Waals surface area contributed by atoms with E-state index >= 15 is 0 Å². The number of nitrogens with one attached hydrogen (secondary N) is 1. The Morgan fingerprint density at radius 1 is 1.10 bits per heavy atom. The quantitative estimate of drug-likeness (QED) is 0.808. The van der Waals surface area contributed by atoms with Crippen LogP contribution < -0.4 is 10.5 Å². The van der Waals surface area contributed by atoms with Crippen LogP contribution in [0.15, 0.2) is 34.1 Å². The Kier molecular flexibility index (Phi) is 5.44. The molecule has 6 nitrogen and oxygen atoms in total. The molecule has 1 saturated carbocycles. The van der Waals surface area contributed by atoms with Crippen molar-refractivity contribution < 1.29 is 16.8 Å². The molecule has 0 amide bonds. The second-order valence-corrected chi connectivity index (χ2v) is 9.07. The molecule has 1 aromatic carbocycles. The maximum atomic E-state index is 12.1. The average molecular weight is 355 g/mol. The SMILES string of the molecule is CS(=O)(=O)c1ccc(S(=O)(=O)NCC2(N)CCC2)cc1.Cl. The summed E-state index contributed by atoms with van der Waals surface area (Å²) >= 11 is 0. The first-order chi connectivity index (χ1) is 9.12. The van der Waals surface area contributed by atoms with E-state index in [2.05, 4.69) is 4.72 Å². The van der Waals surface area contributed by atoms with E-state index in [9.17, 15) is 16.8 Å². The molecule has 21 heavy (non-hydrogen) atoms. The Labute approximate surface area is 131 Å². The van der Waals surface area contributed by atoms with E-state index in [-0.39, 0.29) is 28.7 Å². The zero-order valence-electron chi connectivity index (χ0n) is 11.6. The van der Waals surface area contributed by atoms with Crippen molar-refractivity contribution >= 4 is 32.3 Å². The summed E-state index contributed by atoms with van der Waals surface area (Å²) < 4.78 is 49.2. The van der Waals surface area contributed by atoms with Crippen LogP contribution in [0.3, 0.4) is 0 Å². The molecule has 1 aliphatic carbocycles. The molecule has 3 N–H and O–H groups in total. The number of hydrogen-bond donors (Lipinski definition) is 2. The van der Waals surface area contributed by atoms with Gasteiger partial charge in [0, 0.05) is 18.3 Å². The minimum absolute atomic E-state index is 0. The lowest BCUT2D eigenvalue weighted by Crippen LogP contribution is -2.54. The largest absolute Gasteiger partial charge is 0.324 e. The molecular weight excluding hydrogens is 336 g/mol. The zero-order valence-corrected chi connectivity index (χ0v) is 14.0. The highest BCUT2D eigenvalue weighted by molar-refractivity contribution is 7.90. The number of sulfonamides is 1. The lowest BCUT2D eigenvalue weighted by molar-refractivity contribution is 0.251. The molecule has 0 saturated heterocycles. The van der Waals surface area contributed by atoms with Gasteiger partial charge in [0.05, 0.1) is 9.79 Å². The summed E-state index contributed by atoms with van der Waals surface area (Å²) in [6.45, 7) is 0.198. The van der Waals surface area contributed by atoms with Crippen molar-refractivity contribution in [2.75, 3.05) is 12.8 Å². The number of halogens is 1. The molecule has 0 aromatic heterocycles. The van der Waals surface area contributed by atoms with Gasteiger partial charge in [-0.3, -0.25) is 0 Å². The predicted molar refractivity (Wildman–Crippen MR) is 82.8 cm³/mol. The lowest BCUT2D eigenvalue weighted by Gasteiger charge is -2.37. The lowest BCUT2D eigenvalue weighted by atomic mass is 9.78. The normalized spacial score (nSPS) is 17.6. The van der Waals surface area contributed by atoms with Crippen LogP contribution in [-0.2, 0) is 19.9 Å². The smallest absolute Gasteiger partial charge is 0.240 e. The van der Waals surface area contributed by atoms with Crippen molar-refractivity contribution in [2.45, 2.75) is 34.6 Å². The van der Waals surface area contributed by atoms with E-state index in [1.54, 1.807) is 0 Å². The fourth-order valence-corrected chi connectivity index (χ4v) is 3.76. The van der Waals surface area contributed by atoms with Crippen LogP contribution in [-0.4, -0.2) is 35.2 Å². The third-order valence-corrected chi connectivity index (χ3v) is 6.07. The van der Waals surface area contributed by atoms with E-state index in [1.165, 1.54) is 24.3 Å². The Morgan fingerprint density at radius 3 is 1.95 bits per heavy atom. The van der Waals surface area contributed by atoms with Crippen LogP contribution >= 0.6 is 12.4 Å². The molecule has 2 rings (SSSR count). The fourth-order valence-electron chi connectivity index (χ4n) is 2.00. The highest BCUT2D eigenvalue weighted by Crippen LogP contribution is 2.28. The zero-order chi connectivity index (χ0) is 15.0. The Bertz CT molecular complexity index is 695. The highest BCUT2D eigenvalue weighted by Gasteiger charge is 2.33. The molecule has 0 heterocycles. The van der Waals surface area contributed by atoms with Crippen LogP contribution in [0, 0.1) is 0 Å². The van der Waals surface area contributed by atoms with Crippen LogP contribution in [0.5, 0.6) is 0 Å². The maximum Gasteiger partial charge on any atom is 0.240 e. The third kappa shape index (κ3) is 4.40. The molecule has 120 valence electrons. The number of hydrogen-bond acceptors (Lipinski definition) is 5. The summed E-state index contributed by atoms with van der Waals surface area (Å²) in [4.78, 5) is 0.124. The van der Waals surface area contributed by atoms with Gasteiger partial charge in [-0.25, -0.2) is 21.6 Å². The summed E-state index contributed by atoms with van der Waals surface area (Å²) in [5.74, 6) is 0. The van der Waals surface area contributed by atoms with Crippen LogP contribution in [0.4, 0.5) is 0 Å². The minimum atomic E-state index is -3.66. The monoisotopic (exact) mass is 354 g/mol. The molecule has 0 aliphatic heterocycles. The first kappa shape index (κ1) is 18.4. The number of rotatable bonds is 5. The summed E-state index contributed by atoms with van der Waals surface area (Å²) in [5, 5.41) is 0. The van der Waals surface area contributed by atoms with E-state index in [4.69, 9.17) is 5.73 Å². The van der Waals surface area contributed by atoms with Gasteiger partial charge < -0.3 is 5.73 Å². The molecule has 9 heteroatoms. The van der Waals surface area contributed by atoms with Gasteiger partial charge in [-0.05, 0) is 43.5 Å². The number of nitrogens with two attached hydrogens (primary N) is 1. The van der Waals surface area contributed by atoms with Gasteiger partial charge in [0.25, 0.3) is 0 Å². The van der Waals surface area contributed by atoms with Crippen molar-refractivity contribution in [1.82, 2.24) is 4.72 Å². The Hall–Kier alpha value is -0.670. The average Bonchev–Trinajstić information content (AvgIpc) is 2.33. The van der Waals surface area contributed by atoms with Gasteiger partial charge in [0.1, 0.15) is 0 Å². The van der Waals surface area contributed by atoms with Crippen molar-refractivity contribution in [3.63, 3.8) is 0 Å². The van der Waals surface area contributed by atoms with Gasteiger partial charge in [-0.2, -0.15) is 0 Å². The highest BCUT2D eigenvalue weighted by atomic mass is 35.5. The molecule has 1 fully saturated rings. The van der Waals surface area contributed by atoms with Crippen LogP contribution in [0.1, 0.15) is 19.3 Å². The van der Waals surface area contributed by atoms with Gasteiger partial charge in [-0.1, -0.05) is 0 Å². The first-order valence-corrected chi connectivity index (χ1v) is 9.59. The third-order valence-electron chi connectivity index (χ3n) is 3.53. The summed E-state index contributed by atoms with van der Waals surface area (Å²) in [7, 11) is -6.99. The Balaban J connectivity index is 0.00000220. The van der Waals surface area contributed by atoms with Crippen LogP contribution in [0.2, 0.25) is 0 Å². The molecule has 0 bridgehead atoms. The summed E-state index contributed by atoms with van der Waals surface area (Å²) in [5.41, 5.74) is 5.52. The maximum absolute atomic E-state index is 12.1. The predicted octanol–water partition coefficient (Wildman–Crippen LogP) is 0.672. The van der Waals surface area contributed by atoms with Crippen molar-refractivity contribution in [2.24, 2.45) is 5.73 Å². The van der Waals surface area contributed by atoms with Gasteiger partial charge in [0.2, 0.25) is 10.0 Å². The van der Waals surface area contributed by atoms with E-state index in [0.29, 0.717) is 0 Å². The summed E-state index contributed by atoms with van der Waals surface area (Å²) in [6.07, 6.45) is 3.70. The summed E-state index contributed by atoms with van der Waals surface area (Å²) in [6, 6.07) is 5.13. The van der Waals surface area contributed by atoms with Crippen LogP contribution in [0.25, 0.3) is 0 Å². The molecule has 1 aromatic rings. The molecule has 1 aliphatic rings. The topological polar surface area (TPSA) is 106 Å². The van der Waals surface area contributed by atoms with Gasteiger partial charge in [-0.15, -0.1) is 12.4 Å².